The molecule has 0 N–H and O–H groups in total. The average molecular weight is 612 g/mol. The van der Waals surface area contributed by atoms with Crippen LogP contribution in [0.3, 0.4) is 0 Å². The van der Waals surface area contributed by atoms with Crippen LogP contribution in [-0.2, 0) is 5.41 Å². The molecule has 0 saturated heterocycles. The van der Waals surface area contributed by atoms with Crippen LogP contribution in [0.1, 0.15) is 22.3 Å². The van der Waals surface area contributed by atoms with E-state index in [0.717, 1.165) is 33.5 Å². The van der Waals surface area contributed by atoms with E-state index in [-0.39, 0.29) is 0 Å². The molecule has 2 aliphatic rings. The molecular formula is C45H29N3. The van der Waals surface area contributed by atoms with Crippen molar-refractivity contribution >= 4 is 28.1 Å². The summed E-state index contributed by atoms with van der Waals surface area (Å²) >= 11 is 0. The van der Waals surface area contributed by atoms with Gasteiger partial charge in [-0.25, -0.2) is 4.98 Å². The highest BCUT2D eigenvalue weighted by Crippen LogP contribution is 2.63. The normalized spacial score (nSPS) is 13.5. The lowest BCUT2D eigenvalue weighted by molar-refractivity contribution is 0.753. The number of benzene rings is 7. The molecule has 0 amide bonds. The van der Waals surface area contributed by atoms with Crippen LogP contribution >= 0.6 is 0 Å². The van der Waals surface area contributed by atoms with Crippen molar-refractivity contribution in [3.8, 4) is 33.5 Å². The van der Waals surface area contributed by atoms with Gasteiger partial charge in [0, 0.05) is 11.3 Å². The summed E-state index contributed by atoms with van der Waals surface area (Å²) in [5.41, 5.74) is 17.0. The molecule has 1 aliphatic heterocycles. The highest BCUT2D eigenvalue weighted by atomic mass is 15.2. The van der Waals surface area contributed by atoms with E-state index in [1.54, 1.807) is 0 Å². The van der Waals surface area contributed by atoms with E-state index in [9.17, 15) is 0 Å². The van der Waals surface area contributed by atoms with Crippen molar-refractivity contribution in [2.45, 2.75) is 5.41 Å². The molecule has 0 saturated carbocycles. The van der Waals surface area contributed by atoms with E-state index in [1.165, 1.54) is 50.3 Å². The first-order chi connectivity index (χ1) is 23.8. The average Bonchev–Trinajstić information content (AvgIpc) is 3.45. The van der Waals surface area contributed by atoms with Gasteiger partial charge in [-0.3, -0.25) is 4.98 Å². The van der Waals surface area contributed by atoms with Gasteiger partial charge >= 0.3 is 0 Å². The zero-order chi connectivity index (χ0) is 31.7. The summed E-state index contributed by atoms with van der Waals surface area (Å²) in [6.07, 6.45) is 1.88. The number of rotatable bonds is 3. The van der Waals surface area contributed by atoms with Crippen LogP contribution in [0.25, 0.3) is 44.5 Å². The highest BCUT2D eigenvalue weighted by Gasteiger charge is 2.51. The van der Waals surface area contributed by atoms with Crippen molar-refractivity contribution in [3.63, 3.8) is 0 Å². The second-order valence-corrected chi connectivity index (χ2v) is 12.6. The first-order valence-electron chi connectivity index (χ1n) is 16.4. The van der Waals surface area contributed by atoms with Gasteiger partial charge in [0.05, 0.1) is 39.7 Å². The van der Waals surface area contributed by atoms with E-state index in [1.807, 2.05) is 30.5 Å². The summed E-state index contributed by atoms with van der Waals surface area (Å²) in [6.45, 7) is 0. The molecule has 0 atom stereocenters. The molecule has 0 unspecified atom stereocenters. The Balaban J connectivity index is 1.18. The molecule has 1 spiro atoms. The van der Waals surface area contributed by atoms with Gasteiger partial charge in [0.15, 0.2) is 0 Å². The lowest BCUT2D eigenvalue weighted by atomic mass is 9.64. The van der Waals surface area contributed by atoms with E-state index < -0.39 is 5.41 Å². The Kier molecular flexibility index (Phi) is 5.79. The van der Waals surface area contributed by atoms with E-state index in [2.05, 4.69) is 155 Å². The topological polar surface area (TPSA) is 29.0 Å². The zero-order valence-corrected chi connectivity index (χ0v) is 26.1. The second kappa shape index (κ2) is 10.3. The summed E-state index contributed by atoms with van der Waals surface area (Å²) < 4.78 is 0. The monoisotopic (exact) mass is 611 g/mol. The third-order valence-corrected chi connectivity index (χ3v) is 10.1. The predicted molar refractivity (Wildman–Crippen MR) is 196 cm³/mol. The van der Waals surface area contributed by atoms with Gasteiger partial charge in [0.2, 0.25) is 0 Å². The SMILES string of the molecule is c1ccc(N2c3ccccc3C3(c4ccccc4-c4cc(-c5cccc(-c6cnc7ccccc7n6)c5)ccc43)c3ccccc32)cc1. The van der Waals surface area contributed by atoms with Crippen molar-refractivity contribution in [2.24, 2.45) is 0 Å². The lowest BCUT2D eigenvalue weighted by Gasteiger charge is -2.45. The van der Waals surface area contributed by atoms with E-state index in [4.69, 9.17) is 4.98 Å². The first kappa shape index (κ1) is 26.9. The van der Waals surface area contributed by atoms with E-state index >= 15 is 0 Å². The van der Waals surface area contributed by atoms with Gasteiger partial charge < -0.3 is 4.90 Å². The fourth-order valence-electron chi connectivity index (χ4n) is 8.10. The van der Waals surface area contributed by atoms with Gasteiger partial charge in [0.1, 0.15) is 0 Å². The quantitative estimate of drug-likeness (QED) is 0.199. The Hall–Kier alpha value is -6.32. The third-order valence-electron chi connectivity index (χ3n) is 10.1. The lowest BCUT2D eigenvalue weighted by Crippen LogP contribution is -2.36. The van der Waals surface area contributed by atoms with Crippen LogP contribution < -0.4 is 4.90 Å². The minimum atomic E-state index is -0.453. The molecule has 8 aromatic rings. The minimum Gasteiger partial charge on any atom is -0.310 e. The number of hydrogen-bond acceptors (Lipinski definition) is 3. The van der Waals surface area contributed by atoms with Crippen LogP contribution in [0.5, 0.6) is 0 Å². The fraction of sp³-hybridized carbons (Fsp3) is 0.0222. The van der Waals surface area contributed by atoms with Gasteiger partial charge in [-0.15, -0.1) is 0 Å². The fourth-order valence-corrected chi connectivity index (χ4v) is 8.10. The van der Waals surface area contributed by atoms with Crippen molar-refractivity contribution in [3.05, 3.63) is 198 Å². The van der Waals surface area contributed by atoms with Crippen molar-refractivity contribution in [1.29, 1.82) is 0 Å². The summed E-state index contributed by atoms with van der Waals surface area (Å²) in [7, 11) is 0. The molecular weight excluding hydrogens is 583 g/mol. The molecule has 0 bridgehead atoms. The summed E-state index contributed by atoms with van der Waals surface area (Å²) in [5, 5.41) is 0. The number of fused-ring (bicyclic) bond motifs is 10. The molecule has 2 heterocycles. The number of aromatic nitrogens is 2. The molecule has 1 aromatic heterocycles. The number of para-hydroxylation sites is 5. The third kappa shape index (κ3) is 3.76. The smallest absolute Gasteiger partial charge is 0.0894 e. The molecule has 3 heteroatoms. The first-order valence-corrected chi connectivity index (χ1v) is 16.4. The Morgan fingerprint density at radius 1 is 0.417 bits per heavy atom. The van der Waals surface area contributed by atoms with Crippen LogP contribution in [0, 0.1) is 0 Å². The van der Waals surface area contributed by atoms with Gasteiger partial charge in [-0.05, 0) is 93.0 Å². The molecule has 48 heavy (non-hydrogen) atoms. The van der Waals surface area contributed by atoms with Crippen molar-refractivity contribution in [2.75, 3.05) is 4.90 Å². The second-order valence-electron chi connectivity index (χ2n) is 12.6. The maximum Gasteiger partial charge on any atom is 0.0894 e. The zero-order valence-electron chi connectivity index (χ0n) is 26.1. The Bertz CT molecular complexity index is 2490. The standard InChI is InChI=1S/C45H29N3/c1-2-15-33(16-3-1)48-43-23-10-6-19-38(43)45(39-20-7-11-24-44(39)48)36-18-5-4-17-34(36)35-28-31(25-26-37(35)45)30-13-12-14-32(27-30)42-29-46-40-21-8-9-22-41(40)47-42/h1-29H. The highest BCUT2D eigenvalue weighted by molar-refractivity contribution is 5.96. The van der Waals surface area contributed by atoms with Gasteiger partial charge in [-0.2, -0.15) is 0 Å². The van der Waals surface area contributed by atoms with Crippen molar-refractivity contribution in [1.82, 2.24) is 9.97 Å². The Morgan fingerprint density at radius 2 is 1.02 bits per heavy atom. The van der Waals surface area contributed by atoms with E-state index in [0.29, 0.717) is 0 Å². The molecule has 10 rings (SSSR count). The predicted octanol–water partition coefficient (Wildman–Crippen LogP) is 11.1. The maximum atomic E-state index is 4.93. The molecule has 3 nitrogen and oxygen atoms in total. The molecule has 0 radical (unpaired) electrons. The Morgan fingerprint density at radius 3 is 1.81 bits per heavy atom. The van der Waals surface area contributed by atoms with Crippen LogP contribution in [0.2, 0.25) is 0 Å². The summed E-state index contributed by atoms with van der Waals surface area (Å²) in [5.74, 6) is 0. The molecule has 1 aliphatic carbocycles. The molecule has 224 valence electrons. The maximum absolute atomic E-state index is 4.93. The molecule has 0 fully saturated rings. The largest absolute Gasteiger partial charge is 0.310 e. The summed E-state index contributed by atoms with van der Waals surface area (Å²) in [6, 6.07) is 61.4. The summed E-state index contributed by atoms with van der Waals surface area (Å²) in [4.78, 5) is 12.0. The van der Waals surface area contributed by atoms with Crippen LogP contribution in [0.15, 0.2) is 176 Å². The minimum absolute atomic E-state index is 0.453. The number of nitrogens with zero attached hydrogens (tertiary/aromatic N) is 3. The Labute approximate surface area is 279 Å². The van der Waals surface area contributed by atoms with Crippen LogP contribution in [-0.4, -0.2) is 9.97 Å². The van der Waals surface area contributed by atoms with Crippen molar-refractivity contribution < 1.29 is 0 Å². The molecule has 7 aromatic carbocycles. The van der Waals surface area contributed by atoms with Crippen LogP contribution in [0.4, 0.5) is 17.1 Å². The van der Waals surface area contributed by atoms with Gasteiger partial charge in [0.25, 0.3) is 0 Å². The van der Waals surface area contributed by atoms with Gasteiger partial charge in [-0.1, -0.05) is 121 Å². The number of hydrogen-bond donors (Lipinski definition) is 0. The number of anilines is 3.